The lowest BCUT2D eigenvalue weighted by atomic mass is 10.0. The van der Waals surface area contributed by atoms with Gasteiger partial charge in [0.25, 0.3) is 7.82 Å². The van der Waals surface area contributed by atoms with Crippen LogP contribution in [0, 0.1) is 0 Å². The van der Waals surface area contributed by atoms with Gasteiger partial charge in [0.05, 0.1) is 39.9 Å². The quantitative estimate of drug-likeness (QED) is 0.246. The average Bonchev–Trinajstić information content (AvgIpc) is 2.50. The summed E-state index contributed by atoms with van der Waals surface area (Å²) in [6, 6.07) is -0.782. The monoisotopic (exact) mass is 396 g/mol. The lowest BCUT2D eigenvalue weighted by Crippen LogP contribution is -2.46. The molecule has 9 heteroatoms. The summed E-state index contributed by atoms with van der Waals surface area (Å²) in [5.74, 6) is -0.234. The molecule has 0 heterocycles. The molecule has 0 fully saturated rings. The number of rotatable bonds is 15. The van der Waals surface area contributed by atoms with E-state index in [1.54, 1.807) is 0 Å². The Hall–Kier alpha value is -0.500. The number of amides is 1. The van der Waals surface area contributed by atoms with Crippen molar-refractivity contribution in [1.82, 2.24) is 5.32 Å². The summed E-state index contributed by atoms with van der Waals surface area (Å²) in [7, 11) is 1.28. The number of hydrogen-bond donors (Lipinski definition) is 2. The molecule has 8 nitrogen and oxygen atoms in total. The van der Waals surface area contributed by atoms with Gasteiger partial charge in [0.1, 0.15) is 13.2 Å². The summed E-state index contributed by atoms with van der Waals surface area (Å²) in [5.41, 5.74) is 0. The Balaban J connectivity index is 4.62. The molecular weight excluding hydrogens is 359 g/mol. The third-order valence-corrected chi connectivity index (χ3v) is 4.78. The molecule has 0 bridgehead atoms. The van der Waals surface area contributed by atoms with Crippen LogP contribution in [-0.4, -0.2) is 68.5 Å². The first-order valence-electron chi connectivity index (χ1n) is 9.38. The fraction of sp³-hybridized carbons (Fsp3) is 0.941. The van der Waals surface area contributed by atoms with Crippen LogP contribution in [0.15, 0.2) is 0 Å². The molecule has 26 heavy (non-hydrogen) atoms. The van der Waals surface area contributed by atoms with Crippen molar-refractivity contribution in [1.29, 1.82) is 0 Å². The van der Waals surface area contributed by atoms with Crippen LogP contribution in [0.25, 0.3) is 0 Å². The Morgan fingerprint density at radius 2 is 1.85 bits per heavy atom. The van der Waals surface area contributed by atoms with Crippen LogP contribution in [0.2, 0.25) is 0 Å². The van der Waals surface area contributed by atoms with Gasteiger partial charge in [0, 0.05) is 6.42 Å². The van der Waals surface area contributed by atoms with Gasteiger partial charge in [0.2, 0.25) is 5.91 Å². The first-order chi connectivity index (χ1) is 12.0. The van der Waals surface area contributed by atoms with Gasteiger partial charge in [-0.05, 0) is 12.8 Å². The van der Waals surface area contributed by atoms with Crippen LogP contribution < -0.4 is 10.2 Å². The van der Waals surface area contributed by atoms with Crippen molar-refractivity contribution < 1.29 is 32.9 Å². The van der Waals surface area contributed by atoms with Gasteiger partial charge >= 0.3 is 0 Å². The van der Waals surface area contributed by atoms with Crippen molar-refractivity contribution >= 4 is 13.7 Å². The Morgan fingerprint density at radius 1 is 1.19 bits per heavy atom. The Kier molecular flexibility index (Phi) is 12.6. The molecule has 2 N–H and O–H groups in total. The maximum absolute atomic E-state index is 11.9. The standard InChI is InChI=1S/C17H37N2O6P/c1-6-8-9-11-16(20)15(18-17(21)10-7-2)14-25-26(22,23)24-13-12-19(3,4)5/h15-16,20H,6-14H2,1-5H3,(H-,18,21,22,23). The topological polar surface area (TPSA) is 108 Å². The lowest BCUT2D eigenvalue weighted by molar-refractivity contribution is -0.870. The number of quaternary nitrogens is 1. The summed E-state index contributed by atoms with van der Waals surface area (Å²) in [5, 5.41) is 13.0. The Labute approximate surface area is 158 Å². The molecule has 0 radical (unpaired) electrons. The SMILES string of the molecule is CCCCCC(O)C(COP(=O)([O-])OCC[N+](C)(C)C)NC(=O)CCC. The predicted molar refractivity (Wildman–Crippen MR) is 99.4 cm³/mol. The van der Waals surface area contributed by atoms with E-state index >= 15 is 0 Å². The third-order valence-electron chi connectivity index (χ3n) is 3.82. The van der Waals surface area contributed by atoms with Crippen molar-refractivity contribution in [2.45, 2.75) is 64.5 Å². The molecular formula is C17H37N2O6P. The van der Waals surface area contributed by atoms with Gasteiger partial charge in [-0.15, -0.1) is 0 Å². The second kappa shape index (κ2) is 12.8. The molecule has 1 amide bonds. The second-order valence-electron chi connectivity index (χ2n) is 7.58. The molecule has 0 aliphatic rings. The molecule has 0 aliphatic heterocycles. The Morgan fingerprint density at radius 3 is 2.38 bits per heavy atom. The molecule has 0 aromatic carbocycles. The van der Waals surface area contributed by atoms with Crippen LogP contribution in [0.5, 0.6) is 0 Å². The van der Waals surface area contributed by atoms with E-state index in [-0.39, 0.29) is 19.1 Å². The van der Waals surface area contributed by atoms with E-state index in [2.05, 4.69) is 12.2 Å². The number of aliphatic hydroxyl groups is 1. The summed E-state index contributed by atoms with van der Waals surface area (Å²) in [4.78, 5) is 23.7. The first-order valence-corrected chi connectivity index (χ1v) is 10.8. The number of phosphoric ester groups is 1. The van der Waals surface area contributed by atoms with Crippen molar-refractivity contribution in [3.05, 3.63) is 0 Å². The Bertz CT molecular complexity index is 441. The van der Waals surface area contributed by atoms with Crippen LogP contribution in [0.4, 0.5) is 0 Å². The molecule has 0 aliphatic carbocycles. The molecule has 0 saturated heterocycles. The number of unbranched alkanes of at least 4 members (excludes halogenated alkanes) is 2. The number of hydrogen-bond acceptors (Lipinski definition) is 6. The van der Waals surface area contributed by atoms with Gasteiger partial charge in [-0.25, -0.2) is 0 Å². The highest BCUT2D eigenvalue weighted by Crippen LogP contribution is 2.38. The summed E-state index contributed by atoms with van der Waals surface area (Å²) < 4.78 is 22.2. The van der Waals surface area contributed by atoms with Gasteiger partial charge in [-0.2, -0.15) is 0 Å². The minimum Gasteiger partial charge on any atom is -0.756 e. The molecule has 156 valence electrons. The van der Waals surface area contributed by atoms with Gasteiger partial charge < -0.3 is 28.8 Å². The highest BCUT2D eigenvalue weighted by molar-refractivity contribution is 7.45. The van der Waals surface area contributed by atoms with Crippen LogP contribution in [-0.2, 0) is 18.4 Å². The highest BCUT2D eigenvalue weighted by atomic mass is 31.2. The number of nitrogens with one attached hydrogen (secondary N) is 1. The normalized spacial score (nSPS) is 16.7. The van der Waals surface area contributed by atoms with Crippen molar-refractivity contribution in [3.8, 4) is 0 Å². The molecule has 0 rings (SSSR count). The number of carbonyl (C=O) groups excluding carboxylic acids is 1. The minimum atomic E-state index is -4.49. The van der Waals surface area contributed by atoms with Crippen LogP contribution in [0.3, 0.4) is 0 Å². The fourth-order valence-electron chi connectivity index (χ4n) is 2.19. The second-order valence-corrected chi connectivity index (χ2v) is 8.99. The lowest BCUT2D eigenvalue weighted by Gasteiger charge is -2.30. The van der Waals surface area contributed by atoms with E-state index < -0.39 is 20.0 Å². The predicted octanol–water partition coefficient (Wildman–Crippen LogP) is 1.42. The number of carbonyl (C=O) groups is 1. The van der Waals surface area contributed by atoms with Gasteiger partial charge in [-0.3, -0.25) is 9.36 Å². The number of nitrogens with zero attached hydrogens (tertiary/aromatic N) is 1. The van der Waals surface area contributed by atoms with Gasteiger partial charge in [-0.1, -0.05) is 33.1 Å². The van der Waals surface area contributed by atoms with Gasteiger partial charge in [0.15, 0.2) is 0 Å². The maximum Gasteiger partial charge on any atom is 0.268 e. The fourth-order valence-corrected chi connectivity index (χ4v) is 2.92. The summed E-state index contributed by atoms with van der Waals surface area (Å²) >= 11 is 0. The molecule has 0 spiro atoms. The molecule has 0 aromatic rings. The third kappa shape index (κ3) is 13.7. The van der Waals surface area contributed by atoms with E-state index in [9.17, 15) is 19.4 Å². The smallest absolute Gasteiger partial charge is 0.268 e. The minimum absolute atomic E-state index is 0.0101. The maximum atomic E-state index is 11.9. The largest absolute Gasteiger partial charge is 0.756 e. The van der Waals surface area contributed by atoms with Crippen LogP contribution in [0.1, 0.15) is 52.4 Å². The van der Waals surface area contributed by atoms with E-state index in [0.29, 0.717) is 30.3 Å². The number of aliphatic hydroxyl groups excluding tert-OH is 1. The zero-order valence-corrected chi connectivity index (χ0v) is 17.8. The number of phosphoric acid groups is 1. The summed E-state index contributed by atoms with van der Waals surface area (Å²) in [6.45, 7) is 4.10. The molecule has 3 atom stereocenters. The number of likely N-dealkylation sites (N-methyl/N-ethyl adjacent to an activating group) is 1. The zero-order valence-electron chi connectivity index (χ0n) is 16.9. The molecule has 0 aromatic heterocycles. The van der Waals surface area contributed by atoms with Crippen molar-refractivity contribution in [3.63, 3.8) is 0 Å². The summed E-state index contributed by atoms with van der Waals surface area (Å²) in [6.07, 6.45) is 3.35. The van der Waals surface area contributed by atoms with E-state index in [4.69, 9.17) is 9.05 Å². The zero-order chi connectivity index (χ0) is 20.2. The van der Waals surface area contributed by atoms with E-state index in [0.717, 1.165) is 19.3 Å². The van der Waals surface area contributed by atoms with Crippen LogP contribution >= 0.6 is 7.82 Å². The molecule has 3 unspecified atom stereocenters. The molecule has 0 saturated carbocycles. The first kappa shape index (κ1) is 25.5. The van der Waals surface area contributed by atoms with E-state index in [1.807, 2.05) is 28.1 Å². The van der Waals surface area contributed by atoms with Crippen molar-refractivity contribution in [2.24, 2.45) is 0 Å². The average molecular weight is 396 g/mol. The highest BCUT2D eigenvalue weighted by Gasteiger charge is 2.24. The van der Waals surface area contributed by atoms with E-state index in [1.165, 1.54) is 0 Å². The van der Waals surface area contributed by atoms with Crippen molar-refractivity contribution in [2.75, 3.05) is 40.9 Å².